The van der Waals surface area contributed by atoms with Crippen LogP contribution in [-0.4, -0.2) is 64.2 Å². The highest BCUT2D eigenvalue weighted by molar-refractivity contribution is 5.95. The summed E-state index contributed by atoms with van der Waals surface area (Å²) in [6.07, 6.45) is 3.75. The van der Waals surface area contributed by atoms with E-state index >= 15 is 0 Å². The maximum absolute atomic E-state index is 13.2. The molecule has 1 aromatic carbocycles. The Balaban J connectivity index is 1.91. The van der Waals surface area contributed by atoms with Crippen LogP contribution in [0.15, 0.2) is 42.5 Å². The van der Waals surface area contributed by atoms with Crippen LogP contribution in [0.3, 0.4) is 0 Å². The van der Waals surface area contributed by atoms with Crippen LogP contribution in [0.25, 0.3) is 0 Å². The van der Waals surface area contributed by atoms with Gasteiger partial charge < -0.3 is 19.6 Å². The average Bonchev–Trinajstić information content (AvgIpc) is 2.86. The Labute approximate surface area is 170 Å². The van der Waals surface area contributed by atoms with Gasteiger partial charge in [-0.25, -0.2) is 4.79 Å². The molecule has 1 aromatic rings. The summed E-state index contributed by atoms with van der Waals surface area (Å²) in [4.78, 5) is 41.3. The summed E-state index contributed by atoms with van der Waals surface area (Å²) in [5.74, 6) is -1.20. The summed E-state index contributed by atoms with van der Waals surface area (Å²) in [7, 11) is 0. The number of hydrogen-bond acceptors (Lipinski definition) is 4. The van der Waals surface area contributed by atoms with Crippen LogP contribution in [0.5, 0.6) is 0 Å². The van der Waals surface area contributed by atoms with Gasteiger partial charge in [0.25, 0.3) is 5.91 Å². The van der Waals surface area contributed by atoms with Crippen molar-refractivity contribution in [1.29, 1.82) is 0 Å². The van der Waals surface area contributed by atoms with E-state index in [1.807, 2.05) is 12.1 Å². The van der Waals surface area contributed by atoms with Crippen LogP contribution in [0, 0.1) is 5.41 Å². The van der Waals surface area contributed by atoms with Crippen molar-refractivity contribution >= 4 is 18.0 Å². The number of piperidine rings is 1. The highest BCUT2D eigenvalue weighted by Crippen LogP contribution is 2.40. The molecule has 0 radical (unpaired) electrons. The zero-order valence-corrected chi connectivity index (χ0v) is 17.1. The number of carboxylic acids is 1. The number of ether oxygens (including phenoxy) is 1. The maximum Gasteiger partial charge on any atom is 0.410 e. The van der Waals surface area contributed by atoms with Crippen molar-refractivity contribution in [2.75, 3.05) is 19.6 Å². The zero-order chi connectivity index (χ0) is 21.2. The molecule has 1 N–H and O–H groups in total. The number of carbonyl (C=O) groups is 3. The van der Waals surface area contributed by atoms with Gasteiger partial charge in [-0.1, -0.05) is 30.4 Å². The van der Waals surface area contributed by atoms with Crippen molar-refractivity contribution in [3.8, 4) is 0 Å². The molecule has 0 aromatic heterocycles. The van der Waals surface area contributed by atoms with Gasteiger partial charge in [0.15, 0.2) is 0 Å². The van der Waals surface area contributed by atoms with E-state index in [1.165, 1.54) is 4.90 Å². The lowest BCUT2D eigenvalue weighted by atomic mass is 9.72. The van der Waals surface area contributed by atoms with Gasteiger partial charge >= 0.3 is 12.1 Å². The third-order valence-corrected chi connectivity index (χ3v) is 5.47. The Hall–Kier alpha value is -2.83. The predicted octanol–water partition coefficient (Wildman–Crippen LogP) is 3.17. The minimum Gasteiger partial charge on any atom is -0.481 e. The first-order chi connectivity index (χ1) is 13.6. The number of likely N-dealkylation sites (tertiary alicyclic amines) is 1. The number of rotatable bonds is 2. The van der Waals surface area contributed by atoms with Crippen LogP contribution >= 0.6 is 0 Å². The number of aliphatic carboxylic acids is 1. The van der Waals surface area contributed by atoms with E-state index in [4.69, 9.17) is 4.74 Å². The predicted molar refractivity (Wildman–Crippen MR) is 108 cm³/mol. The van der Waals surface area contributed by atoms with Gasteiger partial charge in [-0.3, -0.25) is 9.59 Å². The SMILES string of the molecule is CC(C)(C)OC(=O)N1CCC2N(C(=O)c3ccccc3)CC=CCC2(C(=O)O)C1. The topological polar surface area (TPSA) is 87.2 Å². The standard InChI is InChI=1S/C22H28N2O5/c1-21(2,3)29-20(28)23-14-11-17-22(15-23,19(26)27)12-7-8-13-24(17)18(25)16-9-5-4-6-10-16/h4-10,17H,11-15H2,1-3H3,(H,26,27). The lowest BCUT2D eigenvalue weighted by molar-refractivity contribution is -0.156. The summed E-state index contributed by atoms with van der Waals surface area (Å²) in [6.45, 7) is 6.02. The molecule has 2 unspecified atom stereocenters. The molecular weight excluding hydrogens is 372 g/mol. The van der Waals surface area contributed by atoms with Crippen molar-refractivity contribution in [3.05, 3.63) is 48.0 Å². The smallest absolute Gasteiger partial charge is 0.410 e. The molecule has 2 heterocycles. The molecule has 0 saturated carbocycles. The Kier molecular flexibility index (Phi) is 5.68. The fraction of sp³-hybridized carbons (Fsp3) is 0.500. The maximum atomic E-state index is 13.2. The molecule has 1 saturated heterocycles. The van der Waals surface area contributed by atoms with E-state index in [0.29, 0.717) is 25.1 Å². The Morgan fingerprint density at radius 1 is 1.14 bits per heavy atom. The number of nitrogens with zero attached hydrogens (tertiary/aromatic N) is 2. The highest BCUT2D eigenvalue weighted by atomic mass is 16.6. The molecule has 2 aliphatic rings. The molecule has 0 spiro atoms. The van der Waals surface area contributed by atoms with Crippen LogP contribution in [0.4, 0.5) is 4.79 Å². The molecule has 0 bridgehead atoms. The monoisotopic (exact) mass is 400 g/mol. The number of carbonyl (C=O) groups excluding carboxylic acids is 2. The molecular formula is C22H28N2O5. The molecule has 156 valence electrons. The van der Waals surface area contributed by atoms with Crippen LogP contribution < -0.4 is 0 Å². The first-order valence-electron chi connectivity index (χ1n) is 9.86. The molecule has 0 aliphatic carbocycles. The molecule has 3 rings (SSSR count). The van der Waals surface area contributed by atoms with Crippen molar-refractivity contribution in [3.63, 3.8) is 0 Å². The third-order valence-electron chi connectivity index (χ3n) is 5.47. The molecule has 29 heavy (non-hydrogen) atoms. The van der Waals surface area contributed by atoms with Gasteiger partial charge in [0.2, 0.25) is 0 Å². The van der Waals surface area contributed by atoms with E-state index in [0.717, 1.165) is 0 Å². The first-order valence-corrected chi connectivity index (χ1v) is 9.86. The molecule has 1 fully saturated rings. The van der Waals surface area contributed by atoms with E-state index in [2.05, 4.69) is 0 Å². The van der Waals surface area contributed by atoms with E-state index < -0.39 is 29.1 Å². The highest BCUT2D eigenvalue weighted by Gasteiger charge is 2.54. The van der Waals surface area contributed by atoms with Crippen LogP contribution in [0.1, 0.15) is 44.0 Å². The Bertz CT molecular complexity index is 814. The Morgan fingerprint density at radius 3 is 2.45 bits per heavy atom. The fourth-order valence-corrected chi connectivity index (χ4v) is 4.09. The van der Waals surface area contributed by atoms with Gasteiger partial charge in [0.1, 0.15) is 11.0 Å². The van der Waals surface area contributed by atoms with Crippen molar-refractivity contribution < 1.29 is 24.2 Å². The first kappa shape index (κ1) is 20.9. The second-order valence-corrected chi connectivity index (χ2v) is 8.67. The van der Waals surface area contributed by atoms with E-state index in [-0.39, 0.29) is 18.9 Å². The van der Waals surface area contributed by atoms with Gasteiger partial charge in [-0.15, -0.1) is 0 Å². The molecule has 7 heteroatoms. The summed E-state index contributed by atoms with van der Waals surface area (Å²) < 4.78 is 5.45. The summed E-state index contributed by atoms with van der Waals surface area (Å²) >= 11 is 0. The van der Waals surface area contributed by atoms with Crippen molar-refractivity contribution in [2.45, 2.75) is 45.3 Å². The van der Waals surface area contributed by atoms with Crippen molar-refractivity contribution in [2.24, 2.45) is 5.41 Å². The lowest BCUT2D eigenvalue weighted by Gasteiger charge is -2.48. The molecule has 7 nitrogen and oxygen atoms in total. The quantitative estimate of drug-likeness (QED) is 0.771. The number of allylic oxidation sites excluding steroid dienone is 1. The van der Waals surface area contributed by atoms with Gasteiger partial charge in [-0.05, 0) is 45.7 Å². The van der Waals surface area contributed by atoms with Crippen LogP contribution in [-0.2, 0) is 9.53 Å². The summed E-state index contributed by atoms with van der Waals surface area (Å²) in [5, 5.41) is 10.2. The number of amides is 2. The number of benzene rings is 1. The third kappa shape index (κ3) is 4.28. The van der Waals surface area contributed by atoms with Crippen LogP contribution in [0.2, 0.25) is 0 Å². The summed E-state index contributed by atoms with van der Waals surface area (Å²) in [6, 6.07) is 8.36. The second-order valence-electron chi connectivity index (χ2n) is 8.67. The fourth-order valence-electron chi connectivity index (χ4n) is 4.09. The lowest BCUT2D eigenvalue weighted by Crippen LogP contribution is -2.63. The van der Waals surface area contributed by atoms with Crippen molar-refractivity contribution in [1.82, 2.24) is 9.80 Å². The zero-order valence-electron chi connectivity index (χ0n) is 17.1. The van der Waals surface area contributed by atoms with E-state index in [1.54, 1.807) is 56.0 Å². The second kappa shape index (κ2) is 7.89. The molecule has 2 amide bonds. The number of carboxylic acid groups (broad SMARTS) is 1. The number of hydrogen-bond donors (Lipinski definition) is 1. The molecule has 2 atom stereocenters. The van der Waals surface area contributed by atoms with Gasteiger partial charge in [0, 0.05) is 25.2 Å². The Morgan fingerprint density at radius 2 is 1.83 bits per heavy atom. The minimum absolute atomic E-state index is 0.00478. The van der Waals surface area contributed by atoms with E-state index in [9.17, 15) is 19.5 Å². The molecule has 2 aliphatic heterocycles. The summed E-state index contributed by atoms with van der Waals surface area (Å²) in [5.41, 5.74) is -1.41. The largest absolute Gasteiger partial charge is 0.481 e. The minimum atomic E-state index is -1.27. The average molecular weight is 400 g/mol. The van der Waals surface area contributed by atoms with Gasteiger partial charge in [-0.2, -0.15) is 0 Å². The van der Waals surface area contributed by atoms with Gasteiger partial charge in [0.05, 0.1) is 6.04 Å². The number of fused-ring (bicyclic) bond motifs is 1. The normalized spacial score (nSPS) is 24.4.